The molecule has 22 heavy (non-hydrogen) atoms. The topological polar surface area (TPSA) is 26.3 Å². The van der Waals surface area contributed by atoms with E-state index in [1.165, 1.54) is 37.7 Å². The lowest BCUT2D eigenvalue weighted by molar-refractivity contribution is 0.0497. The molecule has 0 heterocycles. The average molecular weight is 325 g/mol. The fraction of sp³-hybridized carbons (Fsp3) is 0.632. The average Bonchev–Trinajstić information content (AvgIpc) is 2.55. The number of unbranched alkanes of at least 4 members (excludes halogenated alkanes) is 6. The zero-order valence-electron chi connectivity index (χ0n) is 13.8. The van der Waals surface area contributed by atoms with Crippen LogP contribution in [0.1, 0.15) is 74.2 Å². The van der Waals surface area contributed by atoms with Gasteiger partial charge >= 0.3 is 5.97 Å². The van der Waals surface area contributed by atoms with E-state index in [1.54, 1.807) is 0 Å². The number of aryl methyl sites for hydroxylation is 1. The highest BCUT2D eigenvalue weighted by Crippen LogP contribution is 2.10. The number of hydrogen-bond donors (Lipinski definition) is 0. The lowest BCUT2D eigenvalue weighted by Gasteiger charge is -2.06. The Bertz CT molecular complexity index is 400. The highest BCUT2D eigenvalue weighted by atomic mass is 35.5. The molecule has 2 nitrogen and oxygen atoms in total. The van der Waals surface area contributed by atoms with Crippen molar-refractivity contribution in [3.05, 3.63) is 35.4 Å². The van der Waals surface area contributed by atoms with E-state index in [2.05, 4.69) is 6.92 Å². The highest BCUT2D eigenvalue weighted by Gasteiger charge is 2.06. The maximum atomic E-state index is 11.9. The van der Waals surface area contributed by atoms with E-state index in [-0.39, 0.29) is 5.97 Å². The van der Waals surface area contributed by atoms with Crippen molar-refractivity contribution in [1.29, 1.82) is 0 Å². The standard InChI is InChI=1S/C19H29ClO2/c1-2-3-10-17-11-13-18(14-12-17)19(21)22-16-9-7-5-4-6-8-15-20/h11-14H,2-10,15-16H2,1H3. The lowest BCUT2D eigenvalue weighted by atomic mass is 10.1. The molecular weight excluding hydrogens is 296 g/mol. The molecule has 1 rings (SSSR count). The van der Waals surface area contributed by atoms with Gasteiger partial charge in [-0.2, -0.15) is 0 Å². The van der Waals surface area contributed by atoms with Crippen LogP contribution in [0.25, 0.3) is 0 Å². The fourth-order valence-electron chi connectivity index (χ4n) is 2.34. The van der Waals surface area contributed by atoms with Gasteiger partial charge < -0.3 is 4.74 Å². The molecule has 0 atom stereocenters. The van der Waals surface area contributed by atoms with Crippen LogP contribution in [-0.2, 0) is 11.2 Å². The van der Waals surface area contributed by atoms with Crippen LogP contribution in [0.15, 0.2) is 24.3 Å². The van der Waals surface area contributed by atoms with Gasteiger partial charge in [-0.25, -0.2) is 4.79 Å². The minimum Gasteiger partial charge on any atom is -0.462 e. The largest absolute Gasteiger partial charge is 0.462 e. The quantitative estimate of drug-likeness (QED) is 0.277. The second-order valence-corrected chi connectivity index (χ2v) is 6.12. The predicted octanol–water partition coefficient (Wildman–Crippen LogP) is 5.77. The third-order valence-electron chi connectivity index (χ3n) is 3.77. The van der Waals surface area contributed by atoms with Gasteiger partial charge in [-0.3, -0.25) is 0 Å². The highest BCUT2D eigenvalue weighted by molar-refractivity contribution is 6.17. The minimum absolute atomic E-state index is 0.204. The Morgan fingerprint density at radius 2 is 1.59 bits per heavy atom. The molecule has 0 saturated carbocycles. The summed E-state index contributed by atoms with van der Waals surface area (Å²) < 4.78 is 5.32. The molecule has 0 radical (unpaired) electrons. The first kappa shape index (κ1) is 19.0. The van der Waals surface area contributed by atoms with E-state index in [9.17, 15) is 4.79 Å². The van der Waals surface area contributed by atoms with Crippen molar-refractivity contribution in [3.63, 3.8) is 0 Å². The molecule has 0 spiro atoms. The van der Waals surface area contributed by atoms with Crippen molar-refractivity contribution in [1.82, 2.24) is 0 Å². The molecule has 0 bridgehead atoms. The maximum Gasteiger partial charge on any atom is 0.338 e. The number of alkyl halides is 1. The van der Waals surface area contributed by atoms with Crippen LogP contribution in [0.2, 0.25) is 0 Å². The second-order valence-electron chi connectivity index (χ2n) is 5.75. The first-order chi connectivity index (χ1) is 10.8. The monoisotopic (exact) mass is 324 g/mol. The molecule has 3 heteroatoms. The molecule has 0 amide bonds. The Hall–Kier alpha value is -1.02. The van der Waals surface area contributed by atoms with Gasteiger partial charge in [0.2, 0.25) is 0 Å². The minimum atomic E-state index is -0.204. The Balaban J connectivity index is 2.14. The van der Waals surface area contributed by atoms with E-state index in [0.717, 1.165) is 31.6 Å². The molecule has 1 aromatic carbocycles. The van der Waals surface area contributed by atoms with Crippen LogP contribution in [-0.4, -0.2) is 18.5 Å². The second kappa shape index (κ2) is 12.5. The van der Waals surface area contributed by atoms with Crippen LogP contribution < -0.4 is 0 Å². The number of ether oxygens (including phenoxy) is 1. The van der Waals surface area contributed by atoms with Crippen LogP contribution in [0.4, 0.5) is 0 Å². The lowest BCUT2D eigenvalue weighted by Crippen LogP contribution is -2.06. The van der Waals surface area contributed by atoms with Crippen LogP contribution in [0, 0.1) is 0 Å². The first-order valence-electron chi connectivity index (χ1n) is 8.60. The van der Waals surface area contributed by atoms with E-state index >= 15 is 0 Å². The maximum absolute atomic E-state index is 11.9. The number of carbonyl (C=O) groups excluding carboxylic acids is 1. The molecule has 124 valence electrons. The summed E-state index contributed by atoms with van der Waals surface area (Å²) in [5, 5.41) is 0. The predicted molar refractivity (Wildman–Crippen MR) is 93.8 cm³/mol. The van der Waals surface area contributed by atoms with E-state index in [0.29, 0.717) is 12.2 Å². The Morgan fingerprint density at radius 3 is 2.23 bits per heavy atom. The molecule has 0 fully saturated rings. The normalized spacial score (nSPS) is 10.6. The third-order valence-corrected chi connectivity index (χ3v) is 4.04. The third kappa shape index (κ3) is 8.43. The van der Waals surface area contributed by atoms with Crippen molar-refractivity contribution >= 4 is 17.6 Å². The summed E-state index contributed by atoms with van der Waals surface area (Å²) in [6, 6.07) is 7.81. The number of esters is 1. The van der Waals surface area contributed by atoms with Crippen molar-refractivity contribution in [2.75, 3.05) is 12.5 Å². The van der Waals surface area contributed by atoms with Gasteiger partial charge in [0.05, 0.1) is 12.2 Å². The van der Waals surface area contributed by atoms with Crippen molar-refractivity contribution < 1.29 is 9.53 Å². The summed E-state index contributed by atoms with van der Waals surface area (Å²) in [5.74, 6) is 0.554. The summed E-state index contributed by atoms with van der Waals surface area (Å²) in [6.07, 6.45) is 10.2. The number of benzene rings is 1. The van der Waals surface area contributed by atoms with Crippen LogP contribution in [0.5, 0.6) is 0 Å². The number of rotatable bonds is 12. The summed E-state index contributed by atoms with van der Waals surface area (Å²) in [5.41, 5.74) is 1.94. The van der Waals surface area contributed by atoms with Crippen molar-refractivity contribution in [2.45, 2.75) is 64.7 Å². The molecular formula is C19H29ClO2. The van der Waals surface area contributed by atoms with E-state index in [1.807, 2.05) is 24.3 Å². The van der Waals surface area contributed by atoms with Gasteiger partial charge in [0.15, 0.2) is 0 Å². The molecule has 0 aliphatic carbocycles. The molecule has 0 aliphatic heterocycles. The number of halogens is 1. The number of hydrogen-bond acceptors (Lipinski definition) is 2. The first-order valence-corrected chi connectivity index (χ1v) is 9.13. The summed E-state index contributed by atoms with van der Waals surface area (Å²) in [7, 11) is 0. The molecule has 0 aromatic heterocycles. The van der Waals surface area contributed by atoms with Gasteiger partial charge in [0.1, 0.15) is 0 Å². The summed E-state index contributed by atoms with van der Waals surface area (Å²) in [6.45, 7) is 2.70. The van der Waals surface area contributed by atoms with Crippen molar-refractivity contribution in [3.8, 4) is 0 Å². The van der Waals surface area contributed by atoms with Crippen molar-refractivity contribution in [2.24, 2.45) is 0 Å². The van der Waals surface area contributed by atoms with E-state index < -0.39 is 0 Å². The van der Waals surface area contributed by atoms with Crippen LogP contribution >= 0.6 is 11.6 Å². The van der Waals surface area contributed by atoms with Gasteiger partial charge in [-0.1, -0.05) is 51.2 Å². The molecule has 1 aromatic rings. The molecule has 0 N–H and O–H groups in total. The zero-order valence-corrected chi connectivity index (χ0v) is 14.5. The van der Waals surface area contributed by atoms with Gasteiger partial charge in [0.25, 0.3) is 0 Å². The summed E-state index contributed by atoms with van der Waals surface area (Å²) >= 11 is 5.63. The van der Waals surface area contributed by atoms with Crippen LogP contribution in [0.3, 0.4) is 0 Å². The molecule has 0 saturated heterocycles. The molecule has 0 aliphatic rings. The summed E-state index contributed by atoms with van der Waals surface area (Å²) in [4.78, 5) is 11.9. The molecule has 0 unspecified atom stereocenters. The SMILES string of the molecule is CCCCc1ccc(C(=O)OCCCCCCCCCl)cc1. The van der Waals surface area contributed by atoms with Gasteiger partial charge in [-0.05, 0) is 43.4 Å². The van der Waals surface area contributed by atoms with Gasteiger partial charge in [0, 0.05) is 5.88 Å². The number of carbonyl (C=O) groups is 1. The smallest absolute Gasteiger partial charge is 0.338 e. The van der Waals surface area contributed by atoms with E-state index in [4.69, 9.17) is 16.3 Å². The zero-order chi connectivity index (χ0) is 16.0. The Labute approximate surface area is 140 Å². The Morgan fingerprint density at radius 1 is 0.955 bits per heavy atom. The Kier molecular flexibility index (Phi) is 10.8. The van der Waals surface area contributed by atoms with Gasteiger partial charge in [-0.15, -0.1) is 11.6 Å². The fourth-order valence-corrected chi connectivity index (χ4v) is 2.53.